The molecule has 1 aromatic carbocycles. The summed E-state index contributed by atoms with van der Waals surface area (Å²) in [6, 6.07) is 7.13. The lowest BCUT2D eigenvalue weighted by atomic mass is 10.2. The summed E-state index contributed by atoms with van der Waals surface area (Å²) in [5.41, 5.74) is 2.03. The number of allylic oxidation sites excluding steroid dienone is 1. The molecule has 0 atom stereocenters. The van der Waals surface area contributed by atoms with Crippen molar-refractivity contribution in [3.8, 4) is 5.75 Å². The number of hydrogen-bond acceptors (Lipinski definition) is 2. The number of hydrogen-bond donors (Lipinski definition) is 0. The Morgan fingerprint density at radius 1 is 1.31 bits per heavy atom. The predicted octanol–water partition coefficient (Wildman–Crippen LogP) is 2.21. The highest BCUT2D eigenvalue weighted by atomic mass is 16.5. The van der Waals surface area contributed by atoms with Crippen molar-refractivity contribution in [1.82, 2.24) is 0 Å². The number of carbonyl (C=O) groups is 1. The van der Waals surface area contributed by atoms with Gasteiger partial charge in [0, 0.05) is 5.56 Å². The van der Waals surface area contributed by atoms with Crippen LogP contribution in [0.2, 0.25) is 0 Å². The van der Waals surface area contributed by atoms with Crippen LogP contribution in [0.15, 0.2) is 35.9 Å². The first-order chi connectivity index (χ1) is 6.38. The van der Waals surface area contributed by atoms with Gasteiger partial charge in [0.1, 0.15) is 18.6 Å². The summed E-state index contributed by atoms with van der Waals surface area (Å²) >= 11 is 0. The first-order valence-electron chi connectivity index (χ1n) is 4.24. The Labute approximate surface area is 76.8 Å². The number of ether oxygens (including phenoxy) is 1. The van der Waals surface area contributed by atoms with E-state index in [4.69, 9.17) is 4.74 Å². The molecule has 13 heavy (non-hydrogen) atoms. The SMILES string of the molecule is O=Cc1ccc(OCC2=CC2)cc1. The highest BCUT2D eigenvalue weighted by Crippen LogP contribution is 2.20. The van der Waals surface area contributed by atoms with E-state index in [9.17, 15) is 4.79 Å². The fourth-order valence-electron chi connectivity index (χ4n) is 1.01. The van der Waals surface area contributed by atoms with Gasteiger partial charge in [-0.2, -0.15) is 0 Å². The van der Waals surface area contributed by atoms with E-state index in [-0.39, 0.29) is 0 Å². The molecule has 0 heterocycles. The average molecular weight is 174 g/mol. The predicted molar refractivity (Wildman–Crippen MR) is 50.0 cm³/mol. The molecule has 0 bridgehead atoms. The Morgan fingerprint density at radius 2 is 2.00 bits per heavy atom. The summed E-state index contributed by atoms with van der Waals surface area (Å²) in [7, 11) is 0. The highest BCUT2D eigenvalue weighted by molar-refractivity contribution is 5.74. The van der Waals surface area contributed by atoms with Gasteiger partial charge in [-0.15, -0.1) is 0 Å². The van der Waals surface area contributed by atoms with Crippen molar-refractivity contribution >= 4 is 6.29 Å². The van der Waals surface area contributed by atoms with Gasteiger partial charge in [0.15, 0.2) is 0 Å². The third-order valence-electron chi connectivity index (χ3n) is 1.93. The summed E-state index contributed by atoms with van der Waals surface area (Å²) in [6.45, 7) is 0.681. The third-order valence-corrected chi connectivity index (χ3v) is 1.93. The molecule has 0 radical (unpaired) electrons. The summed E-state index contributed by atoms with van der Waals surface area (Å²) < 4.78 is 5.45. The van der Waals surface area contributed by atoms with Crippen molar-refractivity contribution < 1.29 is 9.53 Å². The molecule has 0 N–H and O–H groups in total. The second kappa shape index (κ2) is 3.44. The molecule has 2 nitrogen and oxygen atoms in total. The summed E-state index contributed by atoms with van der Waals surface area (Å²) in [4.78, 5) is 10.3. The average Bonchev–Trinajstić information content (AvgIpc) is 2.99. The van der Waals surface area contributed by atoms with Crippen LogP contribution in [0.4, 0.5) is 0 Å². The van der Waals surface area contributed by atoms with E-state index in [2.05, 4.69) is 6.08 Å². The number of benzene rings is 1. The second-order valence-electron chi connectivity index (χ2n) is 3.04. The second-order valence-corrected chi connectivity index (χ2v) is 3.04. The molecule has 0 fully saturated rings. The highest BCUT2D eigenvalue weighted by Gasteiger charge is 2.06. The van der Waals surface area contributed by atoms with Crippen LogP contribution in [0, 0.1) is 0 Å². The molecule has 1 aliphatic rings. The van der Waals surface area contributed by atoms with E-state index in [1.165, 1.54) is 5.57 Å². The Hall–Kier alpha value is -1.57. The van der Waals surface area contributed by atoms with E-state index < -0.39 is 0 Å². The molecule has 0 saturated heterocycles. The Balaban J connectivity index is 1.95. The van der Waals surface area contributed by atoms with Crippen LogP contribution in [-0.4, -0.2) is 12.9 Å². The molecule has 0 saturated carbocycles. The minimum Gasteiger partial charge on any atom is -0.489 e. The molecule has 0 unspecified atom stereocenters. The van der Waals surface area contributed by atoms with Crippen LogP contribution in [0.3, 0.4) is 0 Å². The fraction of sp³-hybridized carbons (Fsp3) is 0.182. The van der Waals surface area contributed by atoms with Crippen LogP contribution in [-0.2, 0) is 0 Å². The zero-order chi connectivity index (χ0) is 9.10. The minimum absolute atomic E-state index is 0.679. The number of aldehydes is 1. The normalized spacial score (nSPS) is 13.4. The van der Waals surface area contributed by atoms with E-state index >= 15 is 0 Å². The van der Waals surface area contributed by atoms with Crippen molar-refractivity contribution in [1.29, 1.82) is 0 Å². The van der Waals surface area contributed by atoms with E-state index in [1.807, 2.05) is 12.1 Å². The van der Waals surface area contributed by atoms with E-state index in [0.29, 0.717) is 12.2 Å². The Kier molecular flexibility index (Phi) is 2.13. The molecular weight excluding hydrogens is 164 g/mol. The van der Waals surface area contributed by atoms with Gasteiger partial charge >= 0.3 is 0 Å². The Bertz CT molecular complexity index is 336. The molecule has 0 aliphatic heterocycles. The first kappa shape index (κ1) is 8.05. The largest absolute Gasteiger partial charge is 0.489 e. The third kappa shape index (κ3) is 2.18. The van der Waals surface area contributed by atoms with Gasteiger partial charge < -0.3 is 4.74 Å². The lowest BCUT2D eigenvalue weighted by Gasteiger charge is -2.02. The number of carbonyl (C=O) groups excluding carboxylic acids is 1. The van der Waals surface area contributed by atoms with Gasteiger partial charge in [-0.05, 0) is 36.3 Å². The van der Waals surface area contributed by atoms with Crippen molar-refractivity contribution in [2.45, 2.75) is 6.42 Å². The molecular formula is C11H10O2. The Morgan fingerprint density at radius 3 is 2.54 bits per heavy atom. The standard InChI is InChI=1S/C11H10O2/c12-7-9-3-5-11(6-4-9)13-8-10-1-2-10/h1,3-7H,2,8H2. The van der Waals surface area contributed by atoms with Crippen LogP contribution < -0.4 is 4.74 Å². The monoisotopic (exact) mass is 174 g/mol. The molecule has 1 aliphatic carbocycles. The van der Waals surface area contributed by atoms with Crippen LogP contribution >= 0.6 is 0 Å². The van der Waals surface area contributed by atoms with Gasteiger partial charge in [0.05, 0.1) is 0 Å². The fourth-order valence-corrected chi connectivity index (χ4v) is 1.01. The van der Waals surface area contributed by atoms with Gasteiger partial charge in [-0.1, -0.05) is 6.08 Å². The summed E-state index contributed by atoms with van der Waals surface area (Å²) in [6.07, 6.45) is 4.05. The quantitative estimate of drug-likeness (QED) is 0.516. The molecule has 2 heteroatoms. The topological polar surface area (TPSA) is 26.3 Å². The molecule has 1 aromatic rings. The lowest BCUT2D eigenvalue weighted by molar-refractivity contribution is 0.112. The van der Waals surface area contributed by atoms with Gasteiger partial charge in [-0.25, -0.2) is 0 Å². The maximum Gasteiger partial charge on any atom is 0.150 e. The molecule has 66 valence electrons. The minimum atomic E-state index is 0.679. The zero-order valence-electron chi connectivity index (χ0n) is 7.19. The first-order valence-corrected chi connectivity index (χ1v) is 4.24. The van der Waals surface area contributed by atoms with Gasteiger partial charge in [0.25, 0.3) is 0 Å². The van der Waals surface area contributed by atoms with Crippen molar-refractivity contribution in [3.05, 3.63) is 41.5 Å². The molecule has 0 aromatic heterocycles. The zero-order valence-corrected chi connectivity index (χ0v) is 7.19. The van der Waals surface area contributed by atoms with Gasteiger partial charge in [0.2, 0.25) is 0 Å². The van der Waals surface area contributed by atoms with E-state index in [1.54, 1.807) is 12.1 Å². The van der Waals surface area contributed by atoms with Crippen molar-refractivity contribution in [2.24, 2.45) is 0 Å². The summed E-state index contributed by atoms with van der Waals surface area (Å²) in [5.74, 6) is 0.818. The smallest absolute Gasteiger partial charge is 0.150 e. The molecule has 0 spiro atoms. The van der Waals surface area contributed by atoms with E-state index in [0.717, 1.165) is 18.5 Å². The maximum absolute atomic E-state index is 10.3. The van der Waals surface area contributed by atoms with Crippen LogP contribution in [0.25, 0.3) is 0 Å². The number of rotatable bonds is 4. The van der Waals surface area contributed by atoms with Crippen molar-refractivity contribution in [3.63, 3.8) is 0 Å². The van der Waals surface area contributed by atoms with Gasteiger partial charge in [-0.3, -0.25) is 4.79 Å². The lowest BCUT2D eigenvalue weighted by Crippen LogP contribution is -1.94. The van der Waals surface area contributed by atoms with Crippen LogP contribution in [0.5, 0.6) is 5.75 Å². The summed E-state index contributed by atoms with van der Waals surface area (Å²) in [5, 5.41) is 0. The molecule has 2 rings (SSSR count). The molecule has 0 amide bonds. The maximum atomic E-state index is 10.3. The van der Waals surface area contributed by atoms with Crippen molar-refractivity contribution in [2.75, 3.05) is 6.61 Å². The van der Waals surface area contributed by atoms with Crippen LogP contribution in [0.1, 0.15) is 16.8 Å².